The minimum Gasteiger partial charge on any atom is -0.370 e. The van der Waals surface area contributed by atoms with Gasteiger partial charge in [0.05, 0.1) is 11.7 Å². The molecular formula is C30H34N2O2. The number of likely N-dealkylation sites (tertiary alicyclic amines) is 1. The van der Waals surface area contributed by atoms with Gasteiger partial charge in [-0.3, -0.25) is 9.69 Å². The lowest BCUT2D eigenvalue weighted by molar-refractivity contribution is -0.0764. The molecular weight excluding hydrogens is 420 g/mol. The molecule has 4 heteroatoms. The Labute approximate surface area is 202 Å². The number of amides is 1. The van der Waals surface area contributed by atoms with Gasteiger partial charge in [-0.1, -0.05) is 72.3 Å². The molecule has 2 saturated heterocycles. The van der Waals surface area contributed by atoms with Gasteiger partial charge in [-0.2, -0.15) is 0 Å². The van der Waals surface area contributed by atoms with Crippen molar-refractivity contribution >= 4 is 5.91 Å². The van der Waals surface area contributed by atoms with Gasteiger partial charge in [-0.15, -0.1) is 0 Å². The van der Waals surface area contributed by atoms with Gasteiger partial charge >= 0.3 is 0 Å². The topological polar surface area (TPSA) is 41.6 Å². The molecule has 5 rings (SSSR count). The first-order chi connectivity index (χ1) is 16.6. The molecule has 2 heterocycles. The molecule has 2 aliphatic rings. The maximum absolute atomic E-state index is 12.9. The third kappa shape index (κ3) is 5.40. The number of carbonyl (C=O) groups excluding carboxylic acids is 1. The molecule has 1 atom stereocenters. The van der Waals surface area contributed by atoms with Crippen LogP contribution in [0.25, 0.3) is 11.1 Å². The van der Waals surface area contributed by atoms with Gasteiger partial charge in [0, 0.05) is 31.7 Å². The molecule has 2 aliphatic heterocycles. The summed E-state index contributed by atoms with van der Waals surface area (Å²) >= 11 is 0. The number of carbonyl (C=O) groups is 1. The highest BCUT2D eigenvalue weighted by Crippen LogP contribution is 2.39. The number of piperidine rings is 1. The van der Waals surface area contributed by atoms with Crippen LogP contribution in [-0.4, -0.2) is 42.1 Å². The Balaban J connectivity index is 1.12. The van der Waals surface area contributed by atoms with Crippen molar-refractivity contribution in [1.82, 2.24) is 10.2 Å². The summed E-state index contributed by atoms with van der Waals surface area (Å²) in [4.78, 5) is 15.4. The number of aryl methyl sites for hydroxylation is 1. The molecule has 0 aliphatic carbocycles. The molecule has 0 aromatic heterocycles. The van der Waals surface area contributed by atoms with Gasteiger partial charge in [0.2, 0.25) is 0 Å². The van der Waals surface area contributed by atoms with Gasteiger partial charge in [0.1, 0.15) is 0 Å². The number of rotatable bonds is 6. The highest BCUT2D eigenvalue weighted by Gasteiger charge is 2.42. The molecule has 1 amide bonds. The Kier molecular flexibility index (Phi) is 6.80. The molecule has 0 radical (unpaired) electrons. The smallest absolute Gasteiger partial charge is 0.251 e. The molecule has 0 saturated carbocycles. The minimum absolute atomic E-state index is 0.00628. The molecule has 0 unspecified atom stereocenters. The van der Waals surface area contributed by atoms with E-state index in [4.69, 9.17) is 4.74 Å². The Morgan fingerprint density at radius 2 is 1.68 bits per heavy atom. The van der Waals surface area contributed by atoms with E-state index in [0.29, 0.717) is 12.1 Å². The van der Waals surface area contributed by atoms with Crippen LogP contribution >= 0.6 is 0 Å². The largest absolute Gasteiger partial charge is 0.370 e. The average Bonchev–Trinajstić information content (AvgIpc) is 3.27. The molecule has 1 N–H and O–H groups in total. The number of nitrogens with zero attached hydrogens (tertiary/aromatic N) is 1. The summed E-state index contributed by atoms with van der Waals surface area (Å²) in [6.07, 6.45) is 4.35. The van der Waals surface area contributed by atoms with Crippen molar-refractivity contribution in [2.75, 3.05) is 19.6 Å². The molecule has 2 fully saturated rings. The predicted molar refractivity (Wildman–Crippen MR) is 137 cm³/mol. The average molecular weight is 455 g/mol. The Bertz CT molecular complexity index is 1120. The van der Waals surface area contributed by atoms with Gasteiger partial charge in [0.25, 0.3) is 5.91 Å². The standard InChI is InChI=1S/C30H34N2O2/c1-23-7-5-10-25(19-23)26-11-6-12-27(20-26)29(33)31-21-28-13-14-30(34-28)15-17-32(18-16-30)22-24-8-3-2-4-9-24/h2-12,19-20,28H,13-18,21-22H2,1H3,(H,31,33)/t28-/m1/s1. The third-order valence-corrected chi connectivity index (χ3v) is 7.32. The fourth-order valence-corrected chi connectivity index (χ4v) is 5.34. The van der Waals surface area contributed by atoms with Crippen molar-refractivity contribution in [3.63, 3.8) is 0 Å². The third-order valence-electron chi connectivity index (χ3n) is 7.32. The first-order valence-electron chi connectivity index (χ1n) is 12.5. The number of benzene rings is 3. The zero-order valence-electron chi connectivity index (χ0n) is 20.0. The lowest BCUT2D eigenvalue weighted by atomic mass is 9.88. The first-order valence-corrected chi connectivity index (χ1v) is 12.5. The number of hydrogen-bond donors (Lipinski definition) is 1. The fraction of sp³-hybridized carbons (Fsp3) is 0.367. The number of ether oxygens (including phenoxy) is 1. The normalized spacial score (nSPS) is 19.9. The summed E-state index contributed by atoms with van der Waals surface area (Å²) in [5, 5.41) is 3.12. The lowest BCUT2D eigenvalue weighted by Gasteiger charge is -2.39. The molecule has 4 nitrogen and oxygen atoms in total. The summed E-state index contributed by atoms with van der Waals surface area (Å²) in [6.45, 7) is 5.81. The van der Waals surface area contributed by atoms with Crippen molar-refractivity contribution in [3.05, 3.63) is 95.6 Å². The second-order valence-corrected chi connectivity index (χ2v) is 9.88. The van der Waals surface area contributed by atoms with Crippen molar-refractivity contribution in [2.24, 2.45) is 0 Å². The van der Waals surface area contributed by atoms with Gasteiger partial charge < -0.3 is 10.1 Å². The Hall–Kier alpha value is -2.95. The summed E-state index contributed by atoms with van der Waals surface area (Å²) in [5.41, 5.74) is 5.47. The van der Waals surface area contributed by atoms with Gasteiger partial charge in [-0.25, -0.2) is 0 Å². The van der Waals surface area contributed by atoms with Crippen LogP contribution in [0.5, 0.6) is 0 Å². The Morgan fingerprint density at radius 1 is 0.941 bits per heavy atom. The van der Waals surface area contributed by atoms with E-state index >= 15 is 0 Å². The van der Waals surface area contributed by atoms with Gasteiger partial charge in [-0.05, 0) is 61.4 Å². The lowest BCUT2D eigenvalue weighted by Crippen LogP contribution is -2.44. The van der Waals surface area contributed by atoms with E-state index in [2.05, 4.69) is 77.8 Å². The Morgan fingerprint density at radius 3 is 2.44 bits per heavy atom. The summed E-state index contributed by atoms with van der Waals surface area (Å²) < 4.78 is 6.54. The molecule has 3 aromatic carbocycles. The molecule has 34 heavy (non-hydrogen) atoms. The van der Waals surface area contributed by atoms with E-state index in [9.17, 15) is 4.79 Å². The summed E-state index contributed by atoms with van der Waals surface area (Å²) in [5.74, 6) is -0.0308. The van der Waals surface area contributed by atoms with Crippen LogP contribution in [-0.2, 0) is 11.3 Å². The fourth-order valence-electron chi connectivity index (χ4n) is 5.34. The molecule has 1 spiro atoms. The van der Waals surface area contributed by atoms with Crippen LogP contribution in [0.2, 0.25) is 0 Å². The highest BCUT2D eigenvalue weighted by molar-refractivity contribution is 5.95. The van der Waals surface area contributed by atoms with Crippen molar-refractivity contribution in [2.45, 2.75) is 50.9 Å². The van der Waals surface area contributed by atoms with Crippen LogP contribution in [0.3, 0.4) is 0 Å². The number of nitrogens with one attached hydrogen (secondary N) is 1. The van der Waals surface area contributed by atoms with Crippen LogP contribution in [0.4, 0.5) is 0 Å². The SMILES string of the molecule is Cc1cccc(-c2cccc(C(=O)NC[C@H]3CCC4(CCN(Cc5ccccc5)CC4)O3)c2)c1. The van der Waals surface area contributed by atoms with Crippen molar-refractivity contribution < 1.29 is 9.53 Å². The van der Waals surface area contributed by atoms with Crippen LogP contribution < -0.4 is 5.32 Å². The van der Waals surface area contributed by atoms with Crippen LogP contribution in [0.15, 0.2) is 78.9 Å². The van der Waals surface area contributed by atoms with Crippen molar-refractivity contribution in [1.29, 1.82) is 0 Å². The summed E-state index contributed by atoms with van der Waals surface area (Å²) in [7, 11) is 0. The van der Waals surface area contributed by atoms with E-state index in [1.807, 2.05) is 18.2 Å². The second kappa shape index (κ2) is 10.1. The van der Waals surface area contributed by atoms with E-state index in [1.54, 1.807) is 0 Å². The minimum atomic E-state index is -0.0308. The maximum Gasteiger partial charge on any atom is 0.251 e. The van der Waals surface area contributed by atoms with Gasteiger partial charge in [0.15, 0.2) is 0 Å². The number of hydrogen-bond acceptors (Lipinski definition) is 3. The van der Waals surface area contributed by atoms with Crippen LogP contribution in [0, 0.1) is 6.92 Å². The molecule has 3 aromatic rings. The van der Waals surface area contributed by atoms with Crippen LogP contribution in [0.1, 0.15) is 47.2 Å². The molecule has 176 valence electrons. The summed E-state index contributed by atoms with van der Waals surface area (Å²) in [6, 6.07) is 26.9. The van der Waals surface area contributed by atoms with E-state index in [-0.39, 0.29) is 17.6 Å². The second-order valence-electron chi connectivity index (χ2n) is 9.88. The van der Waals surface area contributed by atoms with E-state index in [1.165, 1.54) is 11.1 Å². The first kappa shape index (κ1) is 22.8. The van der Waals surface area contributed by atoms with E-state index in [0.717, 1.165) is 56.4 Å². The van der Waals surface area contributed by atoms with Crippen molar-refractivity contribution in [3.8, 4) is 11.1 Å². The monoisotopic (exact) mass is 454 g/mol. The quantitative estimate of drug-likeness (QED) is 0.527. The highest BCUT2D eigenvalue weighted by atomic mass is 16.5. The molecule has 0 bridgehead atoms. The maximum atomic E-state index is 12.9. The predicted octanol–water partition coefficient (Wildman–Crippen LogP) is 5.61. The zero-order chi connectivity index (χ0) is 23.4. The zero-order valence-corrected chi connectivity index (χ0v) is 20.0. The van der Waals surface area contributed by atoms with E-state index < -0.39 is 0 Å².